The third kappa shape index (κ3) is 7.32. The second kappa shape index (κ2) is 14.8. The van der Waals surface area contributed by atoms with Crippen LogP contribution >= 0.6 is 25.8 Å². The number of imidazole rings is 1. The standard InChI is InChI=1S/C26H31F2N9O11P2S2/c1-29-4-2-3-14(38)35-21-17-23(32-8-30-21)37(10-34-17)25-16(28)19-13(46-25)7-44-50(42,52)48-20-18(39)12(6-43-49(41,51)47-19)45-26(20)36-5-11(27)15-22(36)31-9-33-24(15)40/h5,8-10,12-13,16,18-20,25-26,29,39H,2-4,6-7H2,1H3,(H,41,51)(H,42,52)(H,31,33,40)(H,30,32,35,38)/t12-,13-,16-,18-,19-,20-,25-,26-,49?,50?/m1/s1. The number of hydrogen-bond acceptors (Lipinski definition) is 16. The molecule has 3 saturated heterocycles. The second-order valence-corrected chi connectivity index (χ2v) is 17.5. The molecule has 5 N–H and O–H groups in total. The van der Waals surface area contributed by atoms with Gasteiger partial charge in [0.05, 0.1) is 25.9 Å². The van der Waals surface area contributed by atoms with Gasteiger partial charge < -0.3 is 44.2 Å². The summed E-state index contributed by atoms with van der Waals surface area (Å²) in [6, 6.07) is 0. The number of hydrogen-bond donors (Lipinski definition) is 6. The fraction of sp³-hybridized carbons (Fsp3) is 0.538. The SMILES string of the molecule is CNCCCC(=O)Nc1ncnc2c1ncn2[C@@H]1O[C@@H]2COP(O)(=S)O[C@@H]3[C@H](O)[C@@H](COP(=O)(S)O[C@H]2[C@H]1F)O[C@H]3n1cc(F)c2c(=O)[nH]cnc21. The van der Waals surface area contributed by atoms with E-state index in [1.807, 2.05) is 0 Å². The highest BCUT2D eigenvalue weighted by atomic mass is 32.7. The van der Waals surface area contributed by atoms with Gasteiger partial charge in [-0.25, -0.2) is 33.3 Å². The highest BCUT2D eigenvalue weighted by Crippen LogP contribution is 2.58. The summed E-state index contributed by atoms with van der Waals surface area (Å²) in [5, 5.41) is 16.4. The molecule has 4 aromatic rings. The topological polar surface area (TPSA) is 248 Å². The average Bonchev–Trinajstić information content (AvgIpc) is 3.83. The molecule has 0 saturated carbocycles. The van der Waals surface area contributed by atoms with Gasteiger partial charge in [-0.1, -0.05) is 12.2 Å². The lowest BCUT2D eigenvalue weighted by molar-refractivity contribution is -0.116. The van der Waals surface area contributed by atoms with Gasteiger partial charge in [-0.3, -0.25) is 27.7 Å². The number of ether oxygens (including phenoxy) is 2. The Morgan fingerprint density at radius 2 is 1.88 bits per heavy atom. The van der Waals surface area contributed by atoms with Crippen LogP contribution in [0.3, 0.4) is 0 Å². The number of carbonyl (C=O) groups is 1. The molecule has 2 unspecified atom stereocenters. The molecular weight excluding hydrogens is 778 g/mol. The number of alkyl halides is 1. The summed E-state index contributed by atoms with van der Waals surface area (Å²) in [6.45, 7) is -9.63. The molecule has 7 rings (SSSR count). The maximum atomic E-state index is 16.3. The third-order valence-corrected chi connectivity index (χ3v) is 11.6. The highest BCUT2D eigenvalue weighted by molar-refractivity contribution is 8.44. The minimum absolute atomic E-state index is 0.0722. The zero-order chi connectivity index (χ0) is 36.9. The molecule has 52 heavy (non-hydrogen) atoms. The van der Waals surface area contributed by atoms with E-state index in [0.717, 1.165) is 23.4 Å². The van der Waals surface area contributed by atoms with Crippen molar-refractivity contribution in [3.8, 4) is 0 Å². The molecule has 1 amide bonds. The van der Waals surface area contributed by atoms with Crippen molar-refractivity contribution in [2.75, 3.05) is 32.1 Å². The minimum Gasteiger partial charge on any atom is -0.387 e. The summed E-state index contributed by atoms with van der Waals surface area (Å²) >= 11 is 9.24. The summed E-state index contributed by atoms with van der Waals surface area (Å²) in [7, 11) is 1.76. The van der Waals surface area contributed by atoms with Gasteiger partial charge in [0.15, 0.2) is 47.1 Å². The maximum Gasteiger partial charge on any atom is 0.386 e. The van der Waals surface area contributed by atoms with Crippen molar-refractivity contribution in [3.05, 3.63) is 41.3 Å². The number of fused-ring (bicyclic) bond motifs is 5. The molecular formula is C26H31F2N9O11P2S2. The first-order chi connectivity index (χ1) is 24.8. The van der Waals surface area contributed by atoms with E-state index in [9.17, 15) is 28.5 Å². The van der Waals surface area contributed by atoms with Crippen LogP contribution in [0.25, 0.3) is 22.2 Å². The molecule has 10 atom stereocenters. The van der Waals surface area contributed by atoms with E-state index in [-0.39, 0.29) is 35.0 Å². The molecule has 0 aromatic carbocycles. The zero-order valence-corrected chi connectivity index (χ0v) is 30.2. The van der Waals surface area contributed by atoms with E-state index in [1.54, 1.807) is 7.05 Å². The monoisotopic (exact) mass is 809 g/mol. The van der Waals surface area contributed by atoms with E-state index in [2.05, 4.69) is 47.8 Å². The number of aromatic nitrogens is 7. The van der Waals surface area contributed by atoms with Gasteiger partial charge in [-0.15, -0.1) is 0 Å². The maximum absolute atomic E-state index is 16.3. The Labute approximate surface area is 301 Å². The Kier molecular flexibility index (Phi) is 10.7. The van der Waals surface area contributed by atoms with E-state index < -0.39 is 92.6 Å². The lowest BCUT2D eigenvalue weighted by atomic mass is 10.1. The quantitative estimate of drug-likeness (QED) is 0.0872. The van der Waals surface area contributed by atoms with Crippen molar-refractivity contribution in [3.63, 3.8) is 0 Å². The molecule has 4 aromatic heterocycles. The summed E-state index contributed by atoms with van der Waals surface area (Å²) in [5.41, 5.74) is -0.787. The summed E-state index contributed by atoms with van der Waals surface area (Å²) in [4.78, 5) is 54.7. The zero-order valence-electron chi connectivity index (χ0n) is 26.7. The summed E-state index contributed by atoms with van der Waals surface area (Å²) in [6.07, 6.45) is -7.87. The second-order valence-electron chi connectivity index (χ2n) is 11.9. The van der Waals surface area contributed by atoms with Gasteiger partial charge in [0.25, 0.3) is 5.56 Å². The number of aromatic amines is 1. The van der Waals surface area contributed by atoms with Gasteiger partial charge in [-0.2, -0.15) is 0 Å². The highest BCUT2D eigenvalue weighted by Gasteiger charge is 2.53. The third-order valence-electron chi connectivity index (χ3n) is 8.46. The van der Waals surface area contributed by atoms with Crippen LogP contribution in [-0.4, -0.2) is 113 Å². The number of nitrogens with zero attached hydrogens (tertiary/aromatic N) is 6. The van der Waals surface area contributed by atoms with Crippen LogP contribution in [0, 0.1) is 5.82 Å². The van der Waals surface area contributed by atoms with Crippen LogP contribution in [0.2, 0.25) is 0 Å². The van der Waals surface area contributed by atoms with Crippen LogP contribution in [0.5, 0.6) is 0 Å². The minimum atomic E-state index is -4.49. The van der Waals surface area contributed by atoms with Crippen LogP contribution in [0.15, 0.2) is 30.0 Å². The number of rotatable bonds is 7. The number of nitrogens with one attached hydrogen (secondary N) is 3. The van der Waals surface area contributed by atoms with Crippen molar-refractivity contribution < 1.29 is 55.7 Å². The Balaban J connectivity index is 1.15. The number of thiol groups is 1. The van der Waals surface area contributed by atoms with E-state index in [0.29, 0.717) is 13.0 Å². The normalized spacial score (nSPS) is 34.1. The summed E-state index contributed by atoms with van der Waals surface area (Å²) < 4.78 is 81.0. The fourth-order valence-electron chi connectivity index (χ4n) is 6.07. The largest absolute Gasteiger partial charge is 0.387 e. The molecule has 0 radical (unpaired) electrons. The first-order valence-electron chi connectivity index (χ1n) is 15.6. The number of amides is 1. The van der Waals surface area contributed by atoms with Crippen LogP contribution in [0.4, 0.5) is 14.6 Å². The predicted molar refractivity (Wildman–Crippen MR) is 181 cm³/mol. The number of halogens is 2. The van der Waals surface area contributed by atoms with Gasteiger partial charge in [-0.05, 0) is 31.8 Å². The number of H-pyrrole nitrogens is 1. The molecule has 3 aliphatic rings. The number of aliphatic hydroxyl groups excluding tert-OH is 1. The van der Waals surface area contributed by atoms with Crippen LogP contribution in [-0.2, 0) is 48.7 Å². The van der Waals surface area contributed by atoms with Crippen molar-refractivity contribution in [2.45, 2.75) is 62.0 Å². The molecule has 2 bridgehead atoms. The number of anilines is 1. The van der Waals surface area contributed by atoms with Crippen molar-refractivity contribution in [1.29, 1.82) is 0 Å². The lowest BCUT2D eigenvalue weighted by Gasteiger charge is -2.27. The van der Waals surface area contributed by atoms with Crippen molar-refractivity contribution in [1.82, 2.24) is 39.4 Å². The fourth-order valence-corrected chi connectivity index (χ4v) is 8.96. The Bertz CT molecular complexity index is 2150. The van der Waals surface area contributed by atoms with Crippen LogP contribution < -0.4 is 16.2 Å². The molecule has 26 heteroatoms. The molecule has 3 aliphatic heterocycles. The summed E-state index contributed by atoms with van der Waals surface area (Å²) in [5.74, 6) is -1.22. The van der Waals surface area contributed by atoms with Crippen molar-refractivity contribution in [2.24, 2.45) is 0 Å². The predicted octanol–water partition coefficient (Wildman–Crippen LogP) is 1.21. The van der Waals surface area contributed by atoms with Gasteiger partial charge in [0.2, 0.25) is 5.91 Å². The van der Waals surface area contributed by atoms with Gasteiger partial charge in [0.1, 0.15) is 42.2 Å². The first-order valence-corrected chi connectivity index (χ1v) is 20.9. The van der Waals surface area contributed by atoms with Crippen molar-refractivity contribution >= 4 is 71.5 Å². The van der Waals surface area contributed by atoms with E-state index >= 15 is 4.39 Å². The molecule has 282 valence electrons. The Morgan fingerprint density at radius 1 is 1.12 bits per heavy atom. The molecule has 20 nitrogen and oxygen atoms in total. The van der Waals surface area contributed by atoms with Crippen LogP contribution in [0.1, 0.15) is 25.3 Å². The number of aliphatic hydroxyl groups is 1. The van der Waals surface area contributed by atoms with E-state index in [4.69, 9.17) is 39.4 Å². The molecule has 3 fully saturated rings. The smallest absolute Gasteiger partial charge is 0.386 e. The van der Waals surface area contributed by atoms with Gasteiger partial charge in [0, 0.05) is 12.6 Å². The Hall–Kier alpha value is -2.83. The molecule has 0 aliphatic carbocycles. The molecule has 7 heterocycles. The lowest BCUT2D eigenvalue weighted by Crippen LogP contribution is -2.35. The number of carbonyl (C=O) groups excluding carboxylic acids is 1. The van der Waals surface area contributed by atoms with E-state index in [1.165, 1.54) is 10.9 Å². The van der Waals surface area contributed by atoms with Gasteiger partial charge >= 0.3 is 13.5 Å². The average molecular weight is 810 g/mol. The Morgan fingerprint density at radius 3 is 2.67 bits per heavy atom. The first kappa shape index (κ1) is 37.5. The molecule has 0 spiro atoms.